The Balaban J connectivity index is 1.54. The van der Waals surface area contributed by atoms with E-state index in [1.165, 1.54) is 0 Å². The molecule has 1 heterocycles. The minimum absolute atomic E-state index is 0.0882. The second kappa shape index (κ2) is 9.75. The molecule has 0 bridgehead atoms. The third-order valence-electron chi connectivity index (χ3n) is 3.81. The van der Waals surface area contributed by atoms with Crippen LogP contribution < -0.4 is 20.7 Å². The van der Waals surface area contributed by atoms with Gasteiger partial charge in [-0.2, -0.15) is 4.98 Å². The van der Waals surface area contributed by atoms with Crippen molar-refractivity contribution in [3.63, 3.8) is 0 Å². The molecule has 0 unspecified atom stereocenters. The molecule has 150 valence electrons. The number of hydrogen-bond donors (Lipinski definition) is 3. The molecule has 1 aromatic heterocycles. The van der Waals surface area contributed by atoms with Gasteiger partial charge >= 0.3 is 0 Å². The molecule has 1 amide bonds. The molecular weight excluding hydrogens is 390 g/mol. The number of rotatable bonds is 8. The highest BCUT2D eigenvalue weighted by molar-refractivity contribution is 6.30. The number of halogens is 1. The summed E-state index contributed by atoms with van der Waals surface area (Å²) in [5.74, 6) is 1.62. The number of hydrogen-bond acceptors (Lipinski definition) is 6. The van der Waals surface area contributed by atoms with Crippen LogP contribution in [0.2, 0.25) is 5.02 Å². The molecule has 8 heteroatoms. The molecule has 0 aliphatic heterocycles. The Morgan fingerprint density at radius 1 is 1.03 bits per heavy atom. The predicted molar refractivity (Wildman–Crippen MR) is 116 cm³/mol. The van der Waals surface area contributed by atoms with Gasteiger partial charge in [-0.05, 0) is 62.4 Å². The number of ether oxygens (including phenoxy) is 1. The van der Waals surface area contributed by atoms with Crippen molar-refractivity contribution in [2.45, 2.75) is 13.8 Å². The lowest BCUT2D eigenvalue weighted by Crippen LogP contribution is -2.20. The van der Waals surface area contributed by atoms with Crippen molar-refractivity contribution in [3.8, 4) is 5.75 Å². The van der Waals surface area contributed by atoms with Crippen molar-refractivity contribution in [2.24, 2.45) is 0 Å². The van der Waals surface area contributed by atoms with Gasteiger partial charge in [-0.1, -0.05) is 11.6 Å². The first-order valence-electron chi connectivity index (χ1n) is 9.16. The molecule has 29 heavy (non-hydrogen) atoms. The number of carbonyl (C=O) groups excluding carboxylic acids is 1. The Kier molecular flexibility index (Phi) is 6.86. The smallest absolute Gasteiger partial charge is 0.262 e. The molecule has 0 aliphatic carbocycles. The topological polar surface area (TPSA) is 88.2 Å². The average molecular weight is 412 g/mol. The Hall–Kier alpha value is -3.32. The summed E-state index contributed by atoms with van der Waals surface area (Å²) in [6, 6.07) is 16.1. The number of anilines is 4. The SMILES string of the molecule is CCNc1nc(C)cc(Nc2ccc(NC(=O)COc3ccc(Cl)cc3)cc2)n1. The van der Waals surface area contributed by atoms with E-state index in [0.717, 1.165) is 17.9 Å². The third kappa shape index (κ3) is 6.36. The summed E-state index contributed by atoms with van der Waals surface area (Å²) in [4.78, 5) is 20.8. The molecule has 3 aromatic rings. The summed E-state index contributed by atoms with van der Waals surface area (Å²) in [7, 11) is 0. The molecule has 7 nitrogen and oxygen atoms in total. The molecule has 0 spiro atoms. The minimum atomic E-state index is -0.248. The zero-order valence-electron chi connectivity index (χ0n) is 16.2. The van der Waals surface area contributed by atoms with Gasteiger partial charge in [0.1, 0.15) is 11.6 Å². The summed E-state index contributed by atoms with van der Waals surface area (Å²) >= 11 is 5.82. The van der Waals surface area contributed by atoms with Gasteiger partial charge < -0.3 is 20.7 Å². The van der Waals surface area contributed by atoms with Crippen LogP contribution in [0, 0.1) is 6.92 Å². The van der Waals surface area contributed by atoms with Crippen molar-refractivity contribution in [1.82, 2.24) is 9.97 Å². The van der Waals surface area contributed by atoms with Crippen molar-refractivity contribution in [1.29, 1.82) is 0 Å². The van der Waals surface area contributed by atoms with Crippen molar-refractivity contribution in [2.75, 3.05) is 29.1 Å². The molecule has 0 saturated carbocycles. The number of aromatic nitrogens is 2. The summed E-state index contributed by atoms with van der Waals surface area (Å²) in [6.07, 6.45) is 0. The van der Waals surface area contributed by atoms with Gasteiger partial charge in [0.2, 0.25) is 5.95 Å². The van der Waals surface area contributed by atoms with E-state index in [4.69, 9.17) is 16.3 Å². The quantitative estimate of drug-likeness (QED) is 0.500. The maximum atomic E-state index is 12.1. The first-order valence-corrected chi connectivity index (χ1v) is 9.54. The maximum absolute atomic E-state index is 12.1. The van der Waals surface area contributed by atoms with Gasteiger partial charge in [0.25, 0.3) is 5.91 Å². The summed E-state index contributed by atoms with van der Waals surface area (Å²) in [5, 5.41) is 9.75. The molecule has 0 saturated heterocycles. The van der Waals surface area contributed by atoms with Gasteiger partial charge in [0.05, 0.1) is 0 Å². The normalized spacial score (nSPS) is 10.3. The molecule has 2 aromatic carbocycles. The number of benzene rings is 2. The highest BCUT2D eigenvalue weighted by atomic mass is 35.5. The second-order valence-electron chi connectivity index (χ2n) is 6.24. The predicted octanol–water partition coefficient (Wildman–Crippen LogP) is 4.63. The van der Waals surface area contributed by atoms with E-state index in [-0.39, 0.29) is 12.5 Å². The van der Waals surface area contributed by atoms with Crippen LogP contribution in [0.25, 0.3) is 0 Å². The standard InChI is InChI=1S/C21H22ClN5O2/c1-3-23-21-24-14(2)12-19(27-21)25-16-6-8-17(9-7-16)26-20(28)13-29-18-10-4-15(22)5-11-18/h4-12H,3,13H2,1-2H3,(H,26,28)(H2,23,24,25,27). The van der Waals surface area contributed by atoms with Gasteiger partial charge in [-0.15, -0.1) is 0 Å². The Morgan fingerprint density at radius 2 is 1.72 bits per heavy atom. The molecule has 0 aliphatic rings. The highest BCUT2D eigenvalue weighted by Crippen LogP contribution is 2.19. The van der Waals surface area contributed by atoms with Crippen molar-refractivity contribution in [3.05, 3.63) is 65.3 Å². The monoisotopic (exact) mass is 411 g/mol. The molecule has 0 fully saturated rings. The number of aryl methyl sites for hydroxylation is 1. The van der Waals surface area contributed by atoms with E-state index < -0.39 is 0 Å². The lowest BCUT2D eigenvalue weighted by molar-refractivity contribution is -0.118. The maximum Gasteiger partial charge on any atom is 0.262 e. The molecule has 3 rings (SSSR count). The van der Waals surface area contributed by atoms with E-state index in [1.807, 2.05) is 44.2 Å². The van der Waals surface area contributed by atoms with E-state index >= 15 is 0 Å². The lowest BCUT2D eigenvalue weighted by atomic mass is 10.2. The average Bonchev–Trinajstić information content (AvgIpc) is 2.69. The van der Waals surface area contributed by atoms with Gasteiger partial charge in [-0.3, -0.25) is 4.79 Å². The minimum Gasteiger partial charge on any atom is -0.484 e. The fourth-order valence-electron chi connectivity index (χ4n) is 2.53. The van der Waals surface area contributed by atoms with Gasteiger partial charge in [0.15, 0.2) is 6.61 Å². The van der Waals surface area contributed by atoms with E-state index in [1.54, 1.807) is 24.3 Å². The van der Waals surface area contributed by atoms with E-state index in [9.17, 15) is 4.79 Å². The van der Waals surface area contributed by atoms with Crippen LogP contribution in [0.5, 0.6) is 5.75 Å². The van der Waals surface area contributed by atoms with Crippen LogP contribution in [-0.4, -0.2) is 29.0 Å². The summed E-state index contributed by atoms with van der Waals surface area (Å²) in [5.41, 5.74) is 2.39. The Morgan fingerprint density at radius 3 is 2.41 bits per heavy atom. The molecule has 0 atom stereocenters. The van der Waals surface area contributed by atoms with E-state index in [2.05, 4.69) is 25.9 Å². The largest absolute Gasteiger partial charge is 0.484 e. The number of nitrogens with zero attached hydrogens (tertiary/aromatic N) is 2. The first-order chi connectivity index (χ1) is 14.0. The Bertz CT molecular complexity index is 962. The zero-order chi connectivity index (χ0) is 20.6. The first kappa shape index (κ1) is 20.4. The zero-order valence-corrected chi connectivity index (χ0v) is 17.0. The third-order valence-corrected chi connectivity index (χ3v) is 4.07. The van der Waals surface area contributed by atoms with Crippen LogP contribution in [0.1, 0.15) is 12.6 Å². The summed E-state index contributed by atoms with van der Waals surface area (Å²) in [6.45, 7) is 4.57. The fraction of sp³-hybridized carbons (Fsp3) is 0.190. The number of amides is 1. The van der Waals surface area contributed by atoms with Crippen LogP contribution in [0.4, 0.5) is 23.1 Å². The molecule has 0 radical (unpaired) electrons. The van der Waals surface area contributed by atoms with Gasteiger partial charge in [0, 0.05) is 34.7 Å². The molecular formula is C21H22ClN5O2. The number of carbonyl (C=O) groups is 1. The van der Waals surface area contributed by atoms with Crippen molar-refractivity contribution >= 4 is 40.6 Å². The van der Waals surface area contributed by atoms with Crippen molar-refractivity contribution < 1.29 is 9.53 Å². The van der Waals surface area contributed by atoms with Crippen LogP contribution in [0.15, 0.2) is 54.6 Å². The van der Waals surface area contributed by atoms with E-state index in [0.29, 0.717) is 28.2 Å². The van der Waals surface area contributed by atoms with Crippen LogP contribution in [0.3, 0.4) is 0 Å². The Labute approximate surface area is 174 Å². The fourth-order valence-corrected chi connectivity index (χ4v) is 2.66. The number of nitrogens with one attached hydrogen (secondary N) is 3. The lowest BCUT2D eigenvalue weighted by Gasteiger charge is -2.10. The van der Waals surface area contributed by atoms with Gasteiger partial charge in [-0.25, -0.2) is 4.98 Å². The molecule has 3 N–H and O–H groups in total. The second-order valence-corrected chi connectivity index (χ2v) is 6.68. The van der Waals surface area contributed by atoms with Crippen LogP contribution in [-0.2, 0) is 4.79 Å². The summed E-state index contributed by atoms with van der Waals surface area (Å²) < 4.78 is 5.44. The highest BCUT2D eigenvalue weighted by Gasteiger charge is 2.05. The van der Waals surface area contributed by atoms with Crippen LogP contribution >= 0.6 is 11.6 Å².